The van der Waals surface area contributed by atoms with Gasteiger partial charge in [0.1, 0.15) is 5.76 Å². The minimum atomic E-state index is -0.804. The molecular weight excluding hydrogens is 326 g/mol. The van der Waals surface area contributed by atoms with Gasteiger partial charge in [0.05, 0.1) is 23.0 Å². The maximum Gasteiger partial charge on any atom is 0.252 e. The predicted octanol–water partition coefficient (Wildman–Crippen LogP) is 4.06. The van der Waals surface area contributed by atoms with Gasteiger partial charge in [-0.2, -0.15) is 0 Å². The van der Waals surface area contributed by atoms with Crippen LogP contribution in [0.4, 0.5) is 0 Å². The summed E-state index contributed by atoms with van der Waals surface area (Å²) in [5, 5.41) is 13.3. The van der Waals surface area contributed by atoms with Crippen molar-refractivity contribution in [2.24, 2.45) is 0 Å². The van der Waals surface area contributed by atoms with E-state index in [2.05, 4.69) is 5.32 Å². The Balaban J connectivity index is 1.62. The first kappa shape index (κ1) is 16.3. The Morgan fingerprint density at radius 2 is 1.83 bits per heavy atom. The van der Waals surface area contributed by atoms with E-state index in [0.717, 1.165) is 11.3 Å². The number of hydrogen-bond donors (Lipinski definition) is 2. The topological polar surface area (TPSA) is 62.5 Å². The molecule has 4 nitrogen and oxygen atoms in total. The predicted molar refractivity (Wildman–Crippen MR) is 92.9 cm³/mol. The van der Waals surface area contributed by atoms with E-state index in [1.807, 2.05) is 36.4 Å². The van der Waals surface area contributed by atoms with Gasteiger partial charge in [-0.3, -0.25) is 4.79 Å². The molecule has 0 radical (unpaired) electrons. The lowest BCUT2D eigenvalue weighted by atomic mass is 10.1. The van der Waals surface area contributed by atoms with Crippen molar-refractivity contribution in [3.63, 3.8) is 0 Å². The molecule has 1 atom stereocenters. The Morgan fingerprint density at radius 1 is 1.08 bits per heavy atom. The lowest BCUT2D eigenvalue weighted by Crippen LogP contribution is -2.28. The third kappa shape index (κ3) is 3.67. The van der Waals surface area contributed by atoms with Crippen LogP contribution in [0.1, 0.15) is 22.0 Å². The Labute approximate surface area is 144 Å². The number of carbonyl (C=O) groups is 1. The van der Waals surface area contributed by atoms with Crippen LogP contribution >= 0.6 is 11.6 Å². The quantitative estimate of drug-likeness (QED) is 0.735. The first-order chi connectivity index (χ1) is 11.6. The minimum absolute atomic E-state index is 0.101. The van der Waals surface area contributed by atoms with E-state index in [-0.39, 0.29) is 12.5 Å². The second-order valence-corrected chi connectivity index (χ2v) is 5.71. The summed E-state index contributed by atoms with van der Waals surface area (Å²) in [5.74, 6) is 0.454. The van der Waals surface area contributed by atoms with Gasteiger partial charge in [-0.1, -0.05) is 48.0 Å². The maximum absolute atomic E-state index is 12.1. The number of benzene rings is 2. The van der Waals surface area contributed by atoms with Gasteiger partial charge in [0.15, 0.2) is 0 Å². The summed E-state index contributed by atoms with van der Waals surface area (Å²) < 4.78 is 5.33. The summed E-state index contributed by atoms with van der Waals surface area (Å²) in [7, 11) is 0. The van der Waals surface area contributed by atoms with E-state index < -0.39 is 6.10 Å². The van der Waals surface area contributed by atoms with Gasteiger partial charge in [-0.15, -0.1) is 0 Å². The lowest BCUT2D eigenvalue weighted by Gasteiger charge is -2.13. The van der Waals surface area contributed by atoms with Crippen LogP contribution in [0, 0.1) is 0 Å². The molecule has 0 aliphatic carbocycles. The molecule has 3 aromatic rings. The number of aliphatic hydroxyl groups is 1. The van der Waals surface area contributed by atoms with E-state index in [9.17, 15) is 9.90 Å². The van der Waals surface area contributed by atoms with Crippen molar-refractivity contribution in [1.29, 1.82) is 0 Å². The Morgan fingerprint density at radius 3 is 2.50 bits per heavy atom. The molecule has 0 spiro atoms. The smallest absolute Gasteiger partial charge is 0.252 e. The van der Waals surface area contributed by atoms with Crippen molar-refractivity contribution in [1.82, 2.24) is 5.32 Å². The summed E-state index contributed by atoms with van der Waals surface area (Å²) in [5.41, 5.74) is 2.03. The van der Waals surface area contributed by atoms with Crippen LogP contribution in [0.2, 0.25) is 5.02 Å². The Hall–Kier alpha value is -2.56. The molecule has 0 aliphatic rings. The van der Waals surface area contributed by atoms with Crippen molar-refractivity contribution in [2.75, 3.05) is 6.54 Å². The molecule has 5 heteroatoms. The molecule has 0 bridgehead atoms. The highest BCUT2D eigenvalue weighted by Crippen LogP contribution is 2.22. The minimum Gasteiger partial charge on any atom is -0.464 e. The molecule has 0 saturated carbocycles. The van der Waals surface area contributed by atoms with E-state index in [1.165, 1.54) is 0 Å². The molecule has 3 rings (SSSR count). The van der Waals surface area contributed by atoms with Gasteiger partial charge in [0.2, 0.25) is 0 Å². The van der Waals surface area contributed by atoms with Crippen LogP contribution < -0.4 is 5.32 Å². The van der Waals surface area contributed by atoms with E-state index in [1.54, 1.807) is 30.5 Å². The van der Waals surface area contributed by atoms with Crippen molar-refractivity contribution in [2.45, 2.75) is 6.10 Å². The van der Waals surface area contributed by atoms with Gasteiger partial charge in [0.25, 0.3) is 5.91 Å². The lowest BCUT2D eigenvalue weighted by molar-refractivity contribution is 0.0916. The second kappa shape index (κ2) is 7.34. The standard InChI is InChI=1S/C19H16ClNO3/c20-16-5-2-1-4-15(16)19(23)21-12-17(22)13-7-9-14(10-8-13)18-6-3-11-24-18/h1-11,17,22H,12H2,(H,21,23). The fourth-order valence-electron chi connectivity index (χ4n) is 2.36. The average Bonchev–Trinajstić information content (AvgIpc) is 3.14. The largest absolute Gasteiger partial charge is 0.464 e. The van der Waals surface area contributed by atoms with Crippen LogP contribution in [-0.2, 0) is 0 Å². The molecule has 0 fully saturated rings. The molecule has 1 heterocycles. The van der Waals surface area contributed by atoms with Crippen LogP contribution in [0.15, 0.2) is 71.3 Å². The molecule has 1 amide bonds. The van der Waals surface area contributed by atoms with Crippen LogP contribution in [-0.4, -0.2) is 17.6 Å². The van der Waals surface area contributed by atoms with Gasteiger partial charge in [-0.25, -0.2) is 0 Å². The van der Waals surface area contributed by atoms with Gasteiger partial charge in [-0.05, 0) is 29.8 Å². The first-order valence-electron chi connectivity index (χ1n) is 7.50. The normalized spacial score (nSPS) is 11.9. The zero-order chi connectivity index (χ0) is 16.9. The molecular formula is C19H16ClNO3. The second-order valence-electron chi connectivity index (χ2n) is 5.30. The molecule has 2 N–H and O–H groups in total. The number of carbonyl (C=O) groups excluding carboxylic acids is 1. The summed E-state index contributed by atoms with van der Waals surface area (Å²) in [6, 6.07) is 17.8. The molecule has 0 aliphatic heterocycles. The number of amides is 1. The molecule has 2 aromatic carbocycles. The summed E-state index contributed by atoms with van der Waals surface area (Å²) in [6.45, 7) is 0.101. The average molecular weight is 342 g/mol. The SMILES string of the molecule is O=C(NCC(O)c1ccc(-c2ccco2)cc1)c1ccccc1Cl. The van der Waals surface area contributed by atoms with Crippen LogP contribution in [0.5, 0.6) is 0 Å². The van der Waals surface area contributed by atoms with E-state index in [4.69, 9.17) is 16.0 Å². The number of hydrogen-bond acceptors (Lipinski definition) is 3. The summed E-state index contributed by atoms with van der Waals surface area (Å²) in [6.07, 6.45) is 0.810. The number of aliphatic hydroxyl groups excluding tert-OH is 1. The Bertz CT molecular complexity index is 813. The fraction of sp³-hybridized carbons (Fsp3) is 0.105. The third-order valence-electron chi connectivity index (χ3n) is 3.68. The third-order valence-corrected chi connectivity index (χ3v) is 4.01. The number of furan rings is 1. The zero-order valence-corrected chi connectivity index (χ0v) is 13.5. The number of nitrogens with one attached hydrogen (secondary N) is 1. The van der Waals surface area contributed by atoms with Crippen molar-refractivity contribution < 1.29 is 14.3 Å². The van der Waals surface area contributed by atoms with E-state index in [0.29, 0.717) is 16.1 Å². The summed E-state index contributed by atoms with van der Waals surface area (Å²) >= 11 is 5.99. The molecule has 0 saturated heterocycles. The molecule has 1 aromatic heterocycles. The Kier molecular flexibility index (Phi) is 4.99. The highest BCUT2D eigenvalue weighted by Gasteiger charge is 2.13. The highest BCUT2D eigenvalue weighted by atomic mass is 35.5. The van der Waals surface area contributed by atoms with Gasteiger partial charge < -0.3 is 14.8 Å². The molecule has 1 unspecified atom stereocenters. The van der Waals surface area contributed by atoms with Gasteiger partial charge >= 0.3 is 0 Å². The van der Waals surface area contributed by atoms with Gasteiger partial charge in [0, 0.05) is 12.1 Å². The highest BCUT2D eigenvalue weighted by molar-refractivity contribution is 6.33. The maximum atomic E-state index is 12.1. The van der Waals surface area contributed by atoms with Crippen molar-refractivity contribution >= 4 is 17.5 Å². The van der Waals surface area contributed by atoms with Crippen molar-refractivity contribution in [3.8, 4) is 11.3 Å². The van der Waals surface area contributed by atoms with Crippen LogP contribution in [0.25, 0.3) is 11.3 Å². The number of rotatable bonds is 5. The molecule has 122 valence electrons. The zero-order valence-electron chi connectivity index (χ0n) is 12.8. The summed E-state index contributed by atoms with van der Waals surface area (Å²) in [4.78, 5) is 12.1. The van der Waals surface area contributed by atoms with E-state index >= 15 is 0 Å². The van der Waals surface area contributed by atoms with Crippen molar-refractivity contribution in [3.05, 3.63) is 83.1 Å². The molecule has 24 heavy (non-hydrogen) atoms. The number of halogens is 1. The monoisotopic (exact) mass is 341 g/mol. The fourth-order valence-corrected chi connectivity index (χ4v) is 2.58. The van der Waals surface area contributed by atoms with Crippen LogP contribution in [0.3, 0.4) is 0 Å². The first-order valence-corrected chi connectivity index (χ1v) is 7.87.